The first kappa shape index (κ1) is 27.1. The lowest BCUT2D eigenvalue weighted by molar-refractivity contribution is -0.142. The van der Waals surface area contributed by atoms with Crippen LogP contribution in [0.25, 0.3) is 11.1 Å². The van der Waals surface area contributed by atoms with Gasteiger partial charge in [0.15, 0.2) is 0 Å². The van der Waals surface area contributed by atoms with Crippen LogP contribution in [0.1, 0.15) is 18.4 Å². The van der Waals surface area contributed by atoms with E-state index < -0.39 is 33.9 Å². The Balaban J connectivity index is 1.42. The fourth-order valence-corrected chi connectivity index (χ4v) is 6.64. The molecule has 194 valence electrons. The van der Waals surface area contributed by atoms with Gasteiger partial charge in [0.2, 0.25) is 15.9 Å². The number of carboxylic acid groups (broad SMARTS) is 1. The van der Waals surface area contributed by atoms with Crippen molar-refractivity contribution in [2.24, 2.45) is 5.92 Å². The number of nitrogens with one attached hydrogen (secondary N) is 1. The summed E-state index contributed by atoms with van der Waals surface area (Å²) in [4.78, 5) is 24.9. The molecule has 0 aromatic heterocycles. The largest absolute Gasteiger partial charge is 0.480 e. The summed E-state index contributed by atoms with van der Waals surface area (Å²) in [6.07, 6.45) is 1.02. The summed E-state index contributed by atoms with van der Waals surface area (Å²) >= 11 is 12.0. The Morgan fingerprint density at radius 3 is 2.22 bits per heavy atom. The molecule has 0 radical (unpaired) electrons. The molecule has 3 aromatic carbocycles. The van der Waals surface area contributed by atoms with Gasteiger partial charge >= 0.3 is 5.97 Å². The number of aliphatic carboxylic acids is 1. The Morgan fingerprint density at radius 1 is 0.973 bits per heavy atom. The molecule has 0 aliphatic carbocycles. The zero-order chi connectivity index (χ0) is 26.6. The first-order valence-corrected chi connectivity index (χ1v) is 14.0. The molecule has 3 aromatic rings. The van der Waals surface area contributed by atoms with Crippen LogP contribution in [0, 0.1) is 5.92 Å². The molecule has 0 spiro atoms. The molecule has 1 heterocycles. The highest BCUT2D eigenvalue weighted by atomic mass is 35.5. The van der Waals surface area contributed by atoms with Crippen molar-refractivity contribution >= 4 is 45.1 Å². The zero-order valence-corrected chi connectivity index (χ0v) is 22.1. The summed E-state index contributed by atoms with van der Waals surface area (Å²) in [6.45, 7) is 0.183. The number of amides is 1. The van der Waals surface area contributed by atoms with Gasteiger partial charge in [0.1, 0.15) is 6.04 Å². The van der Waals surface area contributed by atoms with Crippen LogP contribution in [0.2, 0.25) is 10.0 Å². The summed E-state index contributed by atoms with van der Waals surface area (Å²) in [5.41, 5.74) is 2.82. The monoisotopic (exact) mass is 560 g/mol. The zero-order valence-electron chi connectivity index (χ0n) is 19.8. The fourth-order valence-electron chi connectivity index (χ4n) is 4.39. The van der Waals surface area contributed by atoms with Crippen molar-refractivity contribution in [1.29, 1.82) is 0 Å². The summed E-state index contributed by atoms with van der Waals surface area (Å²) in [5, 5.41) is 12.7. The van der Waals surface area contributed by atoms with Crippen molar-refractivity contribution < 1.29 is 23.1 Å². The molecule has 1 saturated heterocycles. The lowest BCUT2D eigenvalue weighted by atomic mass is 9.97. The van der Waals surface area contributed by atoms with Gasteiger partial charge in [-0.3, -0.25) is 4.79 Å². The van der Waals surface area contributed by atoms with Gasteiger partial charge in [-0.2, -0.15) is 4.31 Å². The number of halogens is 2. The second kappa shape index (κ2) is 11.6. The van der Waals surface area contributed by atoms with E-state index in [-0.39, 0.29) is 34.5 Å². The Kier molecular flexibility index (Phi) is 8.54. The van der Waals surface area contributed by atoms with E-state index in [9.17, 15) is 23.1 Å². The molecular weight excluding hydrogens is 535 g/mol. The van der Waals surface area contributed by atoms with Gasteiger partial charge in [-0.05, 0) is 47.7 Å². The fraction of sp³-hybridized carbons (Fsp3) is 0.259. The van der Waals surface area contributed by atoms with Gasteiger partial charge in [0.05, 0.1) is 10.8 Å². The van der Waals surface area contributed by atoms with E-state index in [1.54, 1.807) is 0 Å². The van der Waals surface area contributed by atoms with E-state index in [1.165, 1.54) is 22.5 Å². The molecule has 4 rings (SSSR count). The number of rotatable bonds is 8. The van der Waals surface area contributed by atoms with E-state index in [1.807, 2.05) is 54.6 Å². The van der Waals surface area contributed by atoms with Crippen LogP contribution in [-0.4, -0.2) is 48.8 Å². The molecule has 1 fully saturated rings. The summed E-state index contributed by atoms with van der Waals surface area (Å²) < 4.78 is 27.5. The minimum atomic E-state index is -3.93. The molecule has 2 N–H and O–H groups in total. The molecule has 1 aliphatic rings. The van der Waals surface area contributed by atoms with Crippen LogP contribution >= 0.6 is 23.2 Å². The third-order valence-electron chi connectivity index (χ3n) is 6.34. The standard InChI is InChI=1S/C27H26Cl2N2O5S/c28-22-14-23(29)16-24(15-22)37(35,36)31-12-4-7-21(17-31)26(32)30-25(27(33)34)13-18-8-10-20(11-9-18)19-5-2-1-3-6-19/h1-3,5-6,8-11,14-16,21,25H,4,7,12-13,17H2,(H,30,32)(H,33,34)/t21?,25-/m0/s1. The molecule has 2 atom stereocenters. The molecule has 7 nitrogen and oxygen atoms in total. The van der Waals surface area contributed by atoms with Gasteiger partial charge in [0, 0.05) is 29.6 Å². The third kappa shape index (κ3) is 6.70. The highest BCUT2D eigenvalue weighted by Gasteiger charge is 2.35. The van der Waals surface area contributed by atoms with E-state index in [4.69, 9.17) is 23.2 Å². The number of piperidine rings is 1. The third-order valence-corrected chi connectivity index (χ3v) is 8.62. The van der Waals surface area contributed by atoms with Gasteiger partial charge in [0.25, 0.3) is 0 Å². The lowest BCUT2D eigenvalue weighted by Crippen LogP contribution is -2.50. The SMILES string of the molecule is O=C(N[C@@H](Cc1ccc(-c2ccccc2)cc1)C(=O)O)C1CCCN(S(=O)(=O)c2cc(Cl)cc(Cl)c2)C1. The van der Waals surface area contributed by atoms with E-state index in [2.05, 4.69) is 5.32 Å². The van der Waals surface area contributed by atoms with Crippen LogP contribution in [0.15, 0.2) is 77.7 Å². The molecular formula is C27H26Cl2N2O5S. The number of carboxylic acids is 1. The minimum absolute atomic E-state index is 0.0478. The van der Waals surface area contributed by atoms with Crippen molar-refractivity contribution in [2.75, 3.05) is 13.1 Å². The Bertz CT molecular complexity index is 1360. The van der Waals surface area contributed by atoms with Gasteiger partial charge < -0.3 is 10.4 Å². The first-order valence-electron chi connectivity index (χ1n) is 11.8. The first-order chi connectivity index (χ1) is 17.6. The number of sulfonamides is 1. The molecule has 37 heavy (non-hydrogen) atoms. The topological polar surface area (TPSA) is 104 Å². The lowest BCUT2D eigenvalue weighted by Gasteiger charge is -2.32. The number of hydrogen-bond acceptors (Lipinski definition) is 4. The average Bonchev–Trinajstić information content (AvgIpc) is 2.88. The van der Waals surface area contributed by atoms with Crippen LogP contribution in [0.4, 0.5) is 0 Å². The highest BCUT2D eigenvalue weighted by molar-refractivity contribution is 7.89. The van der Waals surface area contributed by atoms with Crippen molar-refractivity contribution in [3.05, 3.63) is 88.4 Å². The molecule has 1 unspecified atom stereocenters. The van der Waals surface area contributed by atoms with Crippen molar-refractivity contribution in [2.45, 2.75) is 30.2 Å². The second-order valence-corrected chi connectivity index (χ2v) is 11.8. The predicted molar refractivity (Wildman–Crippen MR) is 143 cm³/mol. The van der Waals surface area contributed by atoms with E-state index in [0.29, 0.717) is 12.8 Å². The van der Waals surface area contributed by atoms with Crippen LogP contribution in [0.3, 0.4) is 0 Å². The number of nitrogens with zero attached hydrogens (tertiary/aromatic N) is 1. The van der Waals surface area contributed by atoms with Gasteiger partial charge in [-0.15, -0.1) is 0 Å². The molecule has 0 bridgehead atoms. The predicted octanol–water partition coefficient (Wildman–Crippen LogP) is 4.87. The normalized spacial score (nSPS) is 17.2. The summed E-state index contributed by atoms with van der Waals surface area (Å²) in [5.74, 6) is -2.33. The molecule has 10 heteroatoms. The Morgan fingerprint density at radius 2 is 1.59 bits per heavy atom. The summed E-state index contributed by atoms with van der Waals surface area (Å²) in [6, 6.07) is 20.2. The van der Waals surface area contributed by atoms with Crippen molar-refractivity contribution in [1.82, 2.24) is 9.62 Å². The van der Waals surface area contributed by atoms with Crippen molar-refractivity contribution in [3.8, 4) is 11.1 Å². The molecule has 0 saturated carbocycles. The quantitative estimate of drug-likeness (QED) is 0.409. The van der Waals surface area contributed by atoms with E-state index >= 15 is 0 Å². The van der Waals surface area contributed by atoms with Crippen LogP contribution < -0.4 is 5.32 Å². The highest BCUT2D eigenvalue weighted by Crippen LogP contribution is 2.28. The minimum Gasteiger partial charge on any atom is -0.480 e. The molecule has 1 aliphatic heterocycles. The van der Waals surface area contributed by atoms with E-state index in [0.717, 1.165) is 16.7 Å². The maximum atomic E-state index is 13.1. The Labute approximate surface area is 226 Å². The number of carbonyl (C=O) groups excluding carboxylic acids is 1. The number of carbonyl (C=O) groups is 2. The van der Waals surface area contributed by atoms with Gasteiger partial charge in [-0.25, -0.2) is 13.2 Å². The van der Waals surface area contributed by atoms with Crippen LogP contribution in [-0.2, 0) is 26.0 Å². The maximum Gasteiger partial charge on any atom is 0.326 e. The van der Waals surface area contributed by atoms with Crippen LogP contribution in [0.5, 0.6) is 0 Å². The summed E-state index contributed by atoms with van der Waals surface area (Å²) in [7, 11) is -3.93. The average molecular weight is 561 g/mol. The van der Waals surface area contributed by atoms with Crippen molar-refractivity contribution in [3.63, 3.8) is 0 Å². The Hall–Kier alpha value is -2.91. The van der Waals surface area contributed by atoms with Gasteiger partial charge in [-0.1, -0.05) is 77.8 Å². The number of benzene rings is 3. The number of hydrogen-bond donors (Lipinski definition) is 2. The maximum absolute atomic E-state index is 13.1. The second-order valence-electron chi connectivity index (χ2n) is 8.97. The smallest absolute Gasteiger partial charge is 0.326 e. The molecule has 1 amide bonds.